The lowest BCUT2D eigenvalue weighted by atomic mass is 9.80. The summed E-state index contributed by atoms with van der Waals surface area (Å²) in [4.78, 5) is 46.1. The number of thiazole rings is 1. The number of rotatable bonds is 5. The van der Waals surface area contributed by atoms with Crippen LogP contribution in [0.25, 0.3) is 12.2 Å². The van der Waals surface area contributed by atoms with Gasteiger partial charge in [0.05, 0.1) is 10.6 Å². The van der Waals surface area contributed by atoms with Crippen LogP contribution in [0.3, 0.4) is 0 Å². The Morgan fingerprint density at radius 2 is 1.64 bits per heavy atom. The van der Waals surface area contributed by atoms with Crippen molar-refractivity contribution in [1.82, 2.24) is 14.5 Å². The molecular weight excluding hydrogens is 520 g/mol. The minimum absolute atomic E-state index is 0.260. The first-order valence-electron chi connectivity index (χ1n) is 11.9. The van der Waals surface area contributed by atoms with Gasteiger partial charge in [-0.25, -0.2) is 9.79 Å². The Morgan fingerprint density at radius 3 is 2.28 bits per heavy atom. The number of carbonyl (C=O) groups excluding carboxylic acids is 1. The molecule has 4 heterocycles. The highest BCUT2D eigenvalue weighted by Crippen LogP contribution is 2.53. The predicted molar refractivity (Wildman–Crippen MR) is 145 cm³/mol. The average molecular weight is 543 g/mol. The van der Waals surface area contributed by atoms with Gasteiger partial charge in [0.15, 0.2) is 0 Å². The second-order valence-electron chi connectivity index (χ2n) is 9.09. The van der Waals surface area contributed by atoms with Crippen molar-refractivity contribution in [2.24, 2.45) is 4.99 Å². The number of allylic oxidation sites excluding steroid dienone is 1. The van der Waals surface area contributed by atoms with Gasteiger partial charge in [-0.3, -0.25) is 30.1 Å². The van der Waals surface area contributed by atoms with E-state index in [9.17, 15) is 19.7 Å². The molecule has 12 heteroatoms. The second-order valence-corrected chi connectivity index (χ2v) is 10.1. The molecule has 1 fully saturated rings. The Balaban J connectivity index is 1.57. The van der Waals surface area contributed by atoms with E-state index in [0.717, 1.165) is 11.1 Å². The molecule has 0 bridgehead atoms. The maximum atomic E-state index is 13.6. The fourth-order valence-corrected chi connectivity index (χ4v) is 6.21. The number of aromatic nitrogens is 1. The van der Waals surface area contributed by atoms with Crippen LogP contribution in [-0.2, 0) is 11.3 Å². The van der Waals surface area contributed by atoms with Gasteiger partial charge in [0.2, 0.25) is 16.1 Å². The minimum atomic E-state index is -1.25. The fourth-order valence-electron chi connectivity index (χ4n) is 5.29. The van der Waals surface area contributed by atoms with E-state index in [-0.39, 0.29) is 23.2 Å². The van der Waals surface area contributed by atoms with Crippen molar-refractivity contribution in [2.75, 3.05) is 19.5 Å². The summed E-state index contributed by atoms with van der Waals surface area (Å²) in [5.41, 5.74) is 2.10. The molecule has 4 aromatic rings. The predicted octanol–water partition coefficient (Wildman–Crippen LogP) is 2.78. The molecule has 39 heavy (non-hydrogen) atoms. The Labute approximate surface area is 225 Å². The van der Waals surface area contributed by atoms with E-state index in [4.69, 9.17) is 9.41 Å². The zero-order valence-corrected chi connectivity index (χ0v) is 21.7. The molecule has 2 aliphatic rings. The minimum Gasteiger partial charge on any atom is -0.401 e. The number of benzene rings is 2. The van der Waals surface area contributed by atoms with Gasteiger partial charge in [-0.2, -0.15) is 4.68 Å². The third-order valence-electron chi connectivity index (χ3n) is 7.07. The Kier molecular flexibility index (Phi) is 5.50. The fraction of sp³-hybridized carbons (Fsp3) is 0.148. The molecule has 2 aliphatic heterocycles. The highest BCUT2D eigenvalue weighted by atomic mass is 32.1. The van der Waals surface area contributed by atoms with Crippen LogP contribution in [0, 0.1) is 10.1 Å². The summed E-state index contributed by atoms with van der Waals surface area (Å²) < 4.78 is 6.89. The number of hydrogen-bond acceptors (Lipinski definition) is 8. The highest BCUT2D eigenvalue weighted by Gasteiger charge is 2.69. The number of furan rings is 1. The molecule has 1 N–H and O–H groups in total. The van der Waals surface area contributed by atoms with Gasteiger partial charge in [0.1, 0.15) is 10.7 Å². The molecule has 2 aromatic carbocycles. The lowest BCUT2D eigenvalue weighted by molar-refractivity contribution is -0.402. The first-order valence-corrected chi connectivity index (χ1v) is 12.8. The number of hydrogen-bond donors (Lipinski definition) is 1. The largest absolute Gasteiger partial charge is 0.433 e. The number of fused-ring (bicyclic) bond motifs is 2. The Bertz CT molecular complexity index is 1810. The van der Waals surface area contributed by atoms with Gasteiger partial charge in [-0.1, -0.05) is 78.1 Å². The lowest BCUT2D eigenvalue weighted by Gasteiger charge is -2.49. The Hall–Kier alpha value is -4.97. The quantitative estimate of drug-likeness (QED) is 0.305. The molecule has 0 radical (unpaired) electrons. The molecule has 11 nitrogen and oxygen atoms in total. The van der Waals surface area contributed by atoms with Crippen LogP contribution in [0.1, 0.15) is 16.9 Å². The van der Waals surface area contributed by atoms with E-state index in [1.807, 2.05) is 60.7 Å². The first kappa shape index (κ1) is 24.4. The molecule has 0 aliphatic carbocycles. The van der Waals surface area contributed by atoms with Gasteiger partial charge in [0.25, 0.3) is 5.56 Å². The van der Waals surface area contributed by atoms with Crippen LogP contribution in [0.15, 0.2) is 93.1 Å². The molecule has 0 spiro atoms. The summed E-state index contributed by atoms with van der Waals surface area (Å²) in [6.45, 7) is 0. The zero-order chi connectivity index (χ0) is 27.4. The summed E-state index contributed by atoms with van der Waals surface area (Å²) in [6, 6.07) is 21.5. The summed E-state index contributed by atoms with van der Waals surface area (Å²) in [7, 11) is 3.40. The maximum absolute atomic E-state index is 13.6. The average Bonchev–Trinajstić information content (AvgIpc) is 3.60. The van der Waals surface area contributed by atoms with Crippen molar-refractivity contribution < 1.29 is 14.1 Å². The van der Waals surface area contributed by atoms with E-state index in [1.54, 1.807) is 36.0 Å². The van der Waals surface area contributed by atoms with Crippen LogP contribution in [0.4, 0.5) is 10.7 Å². The molecule has 1 saturated heterocycles. The number of amides is 2. The number of carbonyl (C=O) groups is 1. The summed E-state index contributed by atoms with van der Waals surface area (Å²) in [6.07, 6.45) is 4.72. The molecule has 196 valence electrons. The standard InChI is InChI=1S/C27H22N6O5S/c1-30-25(35)31(2)27(19-12-7-4-8-13-19)26(30,18-10-5-3-6-11-18)28-24-32(29-27)23(34)21(39-24)15-9-14-20-16-17-22(38-20)33(36)37/h3-17,29H,1-2H3. The first-order chi connectivity index (χ1) is 18.8. The van der Waals surface area contributed by atoms with Crippen molar-refractivity contribution in [3.63, 3.8) is 0 Å². The lowest BCUT2D eigenvalue weighted by Crippen LogP contribution is -2.67. The van der Waals surface area contributed by atoms with E-state index in [1.165, 1.54) is 34.2 Å². The van der Waals surface area contributed by atoms with Crippen LogP contribution in [0.2, 0.25) is 0 Å². The van der Waals surface area contributed by atoms with Crippen molar-refractivity contribution >= 4 is 35.4 Å². The monoisotopic (exact) mass is 542 g/mol. The highest BCUT2D eigenvalue weighted by molar-refractivity contribution is 7.07. The van der Waals surface area contributed by atoms with Crippen LogP contribution in [0.5, 0.6) is 0 Å². The molecule has 6 rings (SSSR count). The zero-order valence-electron chi connectivity index (χ0n) is 20.8. The normalized spacial score (nSPS) is 22.5. The summed E-state index contributed by atoms with van der Waals surface area (Å²) in [5, 5.41) is 10.9. The molecule has 2 unspecified atom stereocenters. The number of urea groups is 1. The van der Waals surface area contributed by atoms with Gasteiger partial charge in [-0.15, -0.1) is 0 Å². The van der Waals surface area contributed by atoms with E-state index < -0.39 is 16.2 Å². The topological polar surface area (TPSA) is 126 Å². The molecule has 0 saturated carbocycles. The molecule has 2 amide bonds. The Morgan fingerprint density at radius 1 is 0.974 bits per heavy atom. The maximum Gasteiger partial charge on any atom is 0.433 e. The van der Waals surface area contributed by atoms with E-state index in [2.05, 4.69) is 5.43 Å². The second kappa shape index (κ2) is 8.81. The molecule has 2 atom stereocenters. The molecule has 2 aromatic heterocycles. The van der Waals surface area contributed by atoms with Crippen molar-refractivity contribution in [1.29, 1.82) is 0 Å². The van der Waals surface area contributed by atoms with Crippen LogP contribution in [-0.4, -0.2) is 39.5 Å². The summed E-state index contributed by atoms with van der Waals surface area (Å²) >= 11 is 1.17. The van der Waals surface area contributed by atoms with E-state index >= 15 is 0 Å². The van der Waals surface area contributed by atoms with Crippen LogP contribution < -0.4 is 20.3 Å². The van der Waals surface area contributed by atoms with Crippen molar-refractivity contribution in [2.45, 2.75) is 11.3 Å². The summed E-state index contributed by atoms with van der Waals surface area (Å²) in [5.74, 6) is -0.0828. The number of nitro groups is 1. The van der Waals surface area contributed by atoms with Crippen molar-refractivity contribution in [3.8, 4) is 0 Å². The van der Waals surface area contributed by atoms with Gasteiger partial charge < -0.3 is 4.42 Å². The SMILES string of the molecule is CN1C(=O)N(C)C2(c3ccccc3)Nn3c(sc(=CC=Cc4ccc([N+](=O)[O-])o4)c3=O)=NC12c1ccccc1. The van der Waals surface area contributed by atoms with Gasteiger partial charge >= 0.3 is 11.9 Å². The number of nitrogens with zero attached hydrogens (tertiary/aromatic N) is 5. The van der Waals surface area contributed by atoms with Gasteiger partial charge in [-0.05, 0) is 18.2 Å². The molecular formula is C27H22N6O5S. The smallest absolute Gasteiger partial charge is 0.401 e. The third-order valence-corrected chi connectivity index (χ3v) is 8.06. The third kappa shape index (κ3) is 3.38. The number of likely N-dealkylation sites (N-methyl/N-ethyl adjacent to an activating group) is 2. The van der Waals surface area contributed by atoms with Crippen LogP contribution >= 0.6 is 11.3 Å². The van der Waals surface area contributed by atoms with Crippen molar-refractivity contribution in [3.05, 3.63) is 126 Å². The van der Waals surface area contributed by atoms with Gasteiger partial charge in [0, 0.05) is 25.2 Å². The number of nitrogens with one attached hydrogen (secondary N) is 1. The van der Waals surface area contributed by atoms with E-state index in [0.29, 0.717) is 9.33 Å².